The first-order valence-corrected chi connectivity index (χ1v) is 12.6. The standard InChI is InChI=1S/C30H31N3O6/c1-20(22-8-5-4-6-9-22)31-30(34)24-18-37-28(32-24)17-33(15-21-12-13-25-27(14-21)39-19-38-25)16-23-10-7-11-26(35-2)29(23)36-3/h4-14,18,20H,15-17,19H2,1-3H3,(H,31,34). The van der Waals surface area contributed by atoms with E-state index in [1.54, 1.807) is 14.2 Å². The molecule has 0 bridgehead atoms. The molecule has 4 aromatic rings. The molecule has 1 aliphatic rings. The molecule has 2 heterocycles. The molecule has 0 radical (unpaired) electrons. The van der Waals surface area contributed by atoms with E-state index < -0.39 is 0 Å². The van der Waals surface area contributed by atoms with E-state index in [1.807, 2.05) is 73.7 Å². The third kappa shape index (κ3) is 6.15. The molecule has 39 heavy (non-hydrogen) atoms. The van der Waals surface area contributed by atoms with Crippen molar-refractivity contribution < 1.29 is 28.2 Å². The quantitative estimate of drug-likeness (QED) is 0.286. The predicted molar refractivity (Wildman–Crippen MR) is 144 cm³/mol. The zero-order valence-electron chi connectivity index (χ0n) is 22.2. The lowest BCUT2D eigenvalue weighted by molar-refractivity contribution is 0.0934. The van der Waals surface area contributed by atoms with Gasteiger partial charge in [-0.05, 0) is 36.2 Å². The summed E-state index contributed by atoms with van der Waals surface area (Å²) >= 11 is 0. The Kier molecular flexibility index (Phi) is 7.98. The third-order valence-corrected chi connectivity index (χ3v) is 6.51. The van der Waals surface area contributed by atoms with E-state index in [0.29, 0.717) is 42.8 Å². The number of benzene rings is 3. The minimum Gasteiger partial charge on any atom is -0.493 e. The molecule has 1 aromatic heterocycles. The number of aromatic nitrogens is 1. The van der Waals surface area contributed by atoms with E-state index in [-0.39, 0.29) is 24.4 Å². The van der Waals surface area contributed by atoms with E-state index in [1.165, 1.54) is 6.26 Å². The van der Waals surface area contributed by atoms with Crippen LogP contribution in [0, 0.1) is 0 Å². The molecule has 5 rings (SSSR count). The number of oxazole rings is 1. The average molecular weight is 530 g/mol. The van der Waals surface area contributed by atoms with Crippen molar-refractivity contribution in [1.82, 2.24) is 15.2 Å². The van der Waals surface area contributed by atoms with Crippen molar-refractivity contribution >= 4 is 5.91 Å². The second-order valence-corrected chi connectivity index (χ2v) is 9.22. The highest BCUT2D eigenvalue weighted by molar-refractivity contribution is 5.92. The maximum absolute atomic E-state index is 12.9. The third-order valence-electron chi connectivity index (χ3n) is 6.51. The first kappa shape index (κ1) is 26.1. The number of ether oxygens (including phenoxy) is 4. The summed E-state index contributed by atoms with van der Waals surface area (Å²) in [5, 5.41) is 2.98. The molecule has 3 aromatic carbocycles. The maximum atomic E-state index is 12.9. The molecule has 1 unspecified atom stereocenters. The van der Waals surface area contributed by atoms with Gasteiger partial charge < -0.3 is 28.7 Å². The van der Waals surface area contributed by atoms with Crippen molar-refractivity contribution in [2.45, 2.75) is 32.6 Å². The number of hydrogen-bond donors (Lipinski definition) is 1. The van der Waals surface area contributed by atoms with Crippen molar-refractivity contribution in [2.75, 3.05) is 21.0 Å². The lowest BCUT2D eigenvalue weighted by Crippen LogP contribution is -2.27. The number of fused-ring (bicyclic) bond motifs is 1. The van der Waals surface area contributed by atoms with Gasteiger partial charge in [-0.15, -0.1) is 0 Å². The fourth-order valence-corrected chi connectivity index (χ4v) is 4.56. The van der Waals surface area contributed by atoms with E-state index in [9.17, 15) is 4.79 Å². The van der Waals surface area contributed by atoms with Gasteiger partial charge in [0.05, 0.1) is 26.8 Å². The van der Waals surface area contributed by atoms with Gasteiger partial charge in [0.1, 0.15) is 6.26 Å². The van der Waals surface area contributed by atoms with Crippen LogP contribution in [-0.2, 0) is 19.6 Å². The van der Waals surface area contributed by atoms with E-state index >= 15 is 0 Å². The van der Waals surface area contributed by atoms with Crippen LogP contribution in [0.15, 0.2) is 77.4 Å². The van der Waals surface area contributed by atoms with Crippen LogP contribution >= 0.6 is 0 Å². The maximum Gasteiger partial charge on any atom is 0.273 e. The summed E-state index contributed by atoms with van der Waals surface area (Å²) in [5.74, 6) is 2.90. The fourth-order valence-electron chi connectivity index (χ4n) is 4.56. The van der Waals surface area contributed by atoms with Crippen LogP contribution < -0.4 is 24.3 Å². The summed E-state index contributed by atoms with van der Waals surface area (Å²) in [6.45, 7) is 3.59. The minimum absolute atomic E-state index is 0.165. The molecule has 1 aliphatic heterocycles. The molecular formula is C30H31N3O6. The Labute approximate surface area is 227 Å². The summed E-state index contributed by atoms with van der Waals surface area (Å²) in [6.07, 6.45) is 1.40. The normalized spacial score (nSPS) is 12.8. The van der Waals surface area contributed by atoms with E-state index in [2.05, 4.69) is 15.2 Å². The number of rotatable bonds is 11. The van der Waals surface area contributed by atoms with Gasteiger partial charge >= 0.3 is 0 Å². The Bertz CT molecular complexity index is 1420. The highest BCUT2D eigenvalue weighted by Gasteiger charge is 2.21. The van der Waals surface area contributed by atoms with Gasteiger partial charge in [0.15, 0.2) is 28.7 Å². The first-order chi connectivity index (χ1) is 19.0. The lowest BCUT2D eigenvalue weighted by atomic mass is 10.1. The van der Waals surface area contributed by atoms with E-state index in [0.717, 1.165) is 22.4 Å². The smallest absolute Gasteiger partial charge is 0.273 e. The Hall–Kier alpha value is -4.50. The van der Waals surface area contributed by atoms with Crippen LogP contribution in [0.3, 0.4) is 0 Å². The summed E-state index contributed by atoms with van der Waals surface area (Å²) in [6, 6.07) is 21.3. The van der Waals surface area contributed by atoms with Gasteiger partial charge in [0.2, 0.25) is 12.7 Å². The highest BCUT2D eigenvalue weighted by atomic mass is 16.7. The molecule has 9 heteroatoms. The number of nitrogens with one attached hydrogen (secondary N) is 1. The van der Waals surface area contributed by atoms with E-state index in [4.69, 9.17) is 23.4 Å². The van der Waals surface area contributed by atoms with Crippen LogP contribution in [0.4, 0.5) is 0 Å². The molecule has 0 aliphatic carbocycles. The summed E-state index contributed by atoms with van der Waals surface area (Å²) in [7, 11) is 3.24. The van der Waals surface area contributed by atoms with Gasteiger partial charge in [-0.25, -0.2) is 4.98 Å². The van der Waals surface area contributed by atoms with Crippen LogP contribution in [0.25, 0.3) is 0 Å². The largest absolute Gasteiger partial charge is 0.493 e. The Morgan fingerprint density at radius 1 is 0.974 bits per heavy atom. The molecule has 1 atom stereocenters. The Morgan fingerprint density at radius 3 is 2.59 bits per heavy atom. The second-order valence-electron chi connectivity index (χ2n) is 9.22. The summed E-state index contributed by atoms with van der Waals surface area (Å²) in [5.41, 5.74) is 3.22. The number of methoxy groups -OCH3 is 2. The first-order valence-electron chi connectivity index (χ1n) is 12.6. The number of nitrogens with zero attached hydrogens (tertiary/aromatic N) is 2. The second kappa shape index (κ2) is 11.9. The molecule has 202 valence electrons. The lowest BCUT2D eigenvalue weighted by Gasteiger charge is -2.23. The number of carbonyl (C=O) groups excluding carboxylic acids is 1. The van der Waals surface area contributed by atoms with Crippen molar-refractivity contribution in [3.8, 4) is 23.0 Å². The van der Waals surface area contributed by atoms with Crippen LogP contribution in [-0.4, -0.2) is 36.8 Å². The van der Waals surface area contributed by atoms with Crippen molar-refractivity contribution in [2.24, 2.45) is 0 Å². The van der Waals surface area contributed by atoms with Gasteiger partial charge in [-0.3, -0.25) is 9.69 Å². The molecule has 0 fully saturated rings. The highest BCUT2D eigenvalue weighted by Crippen LogP contribution is 2.34. The van der Waals surface area contributed by atoms with Crippen LogP contribution in [0.1, 0.15) is 46.0 Å². The van der Waals surface area contributed by atoms with Crippen molar-refractivity contribution in [3.63, 3.8) is 0 Å². The molecule has 0 spiro atoms. The summed E-state index contributed by atoms with van der Waals surface area (Å²) < 4.78 is 27.9. The monoisotopic (exact) mass is 529 g/mol. The fraction of sp³-hybridized carbons (Fsp3) is 0.267. The summed E-state index contributed by atoms with van der Waals surface area (Å²) in [4.78, 5) is 19.5. The molecular weight excluding hydrogens is 498 g/mol. The molecule has 0 saturated heterocycles. The zero-order valence-corrected chi connectivity index (χ0v) is 22.2. The van der Waals surface area contributed by atoms with Crippen LogP contribution in [0.5, 0.6) is 23.0 Å². The Balaban J connectivity index is 1.34. The Morgan fingerprint density at radius 2 is 1.79 bits per heavy atom. The van der Waals surface area contributed by atoms with Crippen LogP contribution in [0.2, 0.25) is 0 Å². The molecule has 1 N–H and O–H groups in total. The van der Waals surface area contributed by atoms with Gasteiger partial charge in [-0.2, -0.15) is 0 Å². The molecule has 1 amide bonds. The van der Waals surface area contributed by atoms with Gasteiger partial charge in [0.25, 0.3) is 5.91 Å². The number of carbonyl (C=O) groups is 1. The number of hydrogen-bond acceptors (Lipinski definition) is 8. The molecule has 9 nitrogen and oxygen atoms in total. The molecule has 0 saturated carbocycles. The predicted octanol–water partition coefficient (Wildman–Crippen LogP) is 5.11. The van der Waals surface area contributed by atoms with Gasteiger partial charge in [-0.1, -0.05) is 48.5 Å². The zero-order chi connectivity index (χ0) is 27.2. The topological polar surface area (TPSA) is 95.3 Å². The van der Waals surface area contributed by atoms with Crippen molar-refractivity contribution in [1.29, 1.82) is 0 Å². The van der Waals surface area contributed by atoms with Crippen molar-refractivity contribution in [3.05, 3.63) is 101 Å². The number of para-hydroxylation sites is 1. The average Bonchev–Trinajstić information content (AvgIpc) is 3.63. The SMILES string of the molecule is COc1cccc(CN(Cc2ccc3c(c2)OCO3)Cc2nc(C(=O)NC(C)c3ccccc3)co2)c1OC. The number of amides is 1. The minimum atomic E-state index is -0.293. The van der Waals surface area contributed by atoms with Gasteiger partial charge in [0, 0.05) is 18.7 Å².